The number of anilines is 3. The van der Waals surface area contributed by atoms with Crippen LogP contribution in [-0.4, -0.2) is 67.7 Å². The molecule has 3 heterocycles. The van der Waals surface area contributed by atoms with Gasteiger partial charge in [0.1, 0.15) is 22.3 Å². The number of fused-ring (bicyclic) bond motifs is 1. The maximum absolute atomic E-state index is 15.2. The molecule has 1 aliphatic carbocycles. The van der Waals surface area contributed by atoms with Gasteiger partial charge in [-0.3, -0.25) is 14.5 Å². The molecule has 0 atom stereocenters. The Kier molecular flexibility index (Phi) is 8.97. The molecule has 3 N–H and O–H groups in total. The summed E-state index contributed by atoms with van der Waals surface area (Å²) in [6.07, 6.45) is 3.86. The van der Waals surface area contributed by atoms with Crippen LogP contribution in [0.15, 0.2) is 53.1 Å². The predicted octanol–water partition coefficient (Wildman–Crippen LogP) is 5.18. The molecule has 2 fully saturated rings. The highest BCUT2D eigenvalue weighted by atomic mass is 79.9. The van der Waals surface area contributed by atoms with Gasteiger partial charge in [0.15, 0.2) is 23.2 Å². The Labute approximate surface area is 265 Å². The van der Waals surface area contributed by atoms with Gasteiger partial charge in [-0.25, -0.2) is 18.2 Å². The SMILES string of the molecule is O=C(Nc1ccc(F)c(F)c1)C1(C(=O)Nc2ccc(OC3=CCNc4c3cnc(OCCN3CCOCC3)c4Br)c(F)c2)CC1. The second-order valence-corrected chi connectivity index (χ2v) is 11.6. The Hall–Kier alpha value is -4.14. The van der Waals surface area contributed by atoms with Gasteiger partial charge in [-0.05, 0) is 59.1 Å². The number of hydrogen-bond donors (Lipinski definition) is 3. The van der Waals surface area contributed by atoms with Crippen molar-refractivity contribution in [2.24, 2.45) is 5.41 Å². The fourth-order valence-corrected chi connectivity index (χ4v) is 5.59. The lowest BCUT2D eigenvalue weighted by atomic mass is 10.0. The summed E-state index contributed by atoms with van der Waals surface area (Å²) in [5.41, 5.74) is 0.0532. The summed E-state index contributed by atoms with van der Waals surface area (Å²) in [4.78, 5) is 32.5. The number of ether oxygens (including phenoxy) is 3. The molecule has 45 heavy (non-hydrogen) atoms. The molecule has 3 aliphatic rings. The molecule has 236 valence electrons. The first kappa shape index (κ1) is 30.9. The maximum Gasteiger partial charge on any atom is 0.240 e. The average Bonchev–Trinajstić information content (AvgIpc) is 3.85. The molecule has 14 heteroatoms. The van der Waals surface area contributed by atoms with Crippen LogP contribution >= 0.6 is 15.9 Å². The first-order chi connectivity index (χ1) is 21.7. The van der Waals surface area contributed by atoms with Gasteiger partial charge in [0, 0.05) is 55.9 Å². The fraction of sp³-hybridized carbons (Fsp3) is 0.323. The second-order valence-electron chi connectivity index (χ2n) is 10.8. The average molecular weight is 689 g/mol. The topological polar surface area (TPSA) is 114 Å². The zero-order chi connectivity index (χ0) is 31.6. The molecular weight excluding hydrogens is 659 g/mol. The summed E-state index contributed by atoms with van der Waals surface area (Å²) in [5, 5.41) is 8.29. The minimum absolute atomic E-state index is 0.0223. The number of amides is 2. The molecule has 1 saturated carbocycles. The van der Waals surface area contributed by atoms with Crippen LogP contribution in [0.5, 0.6) is 11.6 Å². The molecule has 0 bridgehead atoms. The van der Waals surface area contributed by atoms with Gasteiger partial charge >= 0.3 is 0 Å². The van der Waals surface area contributed by atoms with Gasteiger partial charge in [0.05, 0.1) is 24.5 Å². The van der Waals surface area contributed by atoms with E-state index in [1.807, 2.05) is 0 Å². The van der Waals surface area contributed by atoms with Gasteiger partial charge in [-0.1, -0.05) is 0 Å². The Morgan fingerprint density at radius 3 is 2.36 bits per heavy atom. The molecular formula is C31H29BrF3N5O5. The van der Waals surface area contributed by atoms with Crippen LogP contribution in [0.2, 0.25) is 0 Å². The van der Waals surface area contributed by atoms with Gasteiger partial charge in [-0.15, -0.1) is 0 Å². The van der Waals surface area contributed by atoms with Crippen LogP contribution in [0, 0.1) is 22.9 Å². The minimum Gasteiger partial charge on any atom is -0.475 e. The van der Waals surface area contributed by atoms with Crippen molar-refractivity contribution in [2.45, 2.75) is 12.8 Å². The number of carbonyl (C=O) groups excluding carboxylic acids is 2. The van der Waals surface area contributed by atoms with E-state index < -0.39 is 34.7 Å². The van der Waals surface area contributed by atoms with Crippen molar-refractivity contribution in [3.8, 4) is 11.6 Å². The van der Waals surface area contributed by atoms with E-state index in [0.29, 0.717) is 53.7 Å². The van der Waals surface area contributed by atoms with E-state index in [0.717, 1.165) is 37.8 Å². The molecule has 2 amide bonds. The van der Waals surface area contributed by atoms with Gasteiger partial charge < -0.3 is 30.2 Å². The lowest BCUT2D eigenvalue weighted by Crippen LogP contribution is -2.38. The Morgan fingerprint density at radius 1 is 1.00 bits per heavy atom. The normalized spacial score (nSPS) is 16.9. The summed E-state index contributed by atoms with van der Waals surface area (Å²) in [6, 6.07) is 6.84. The maximum atomic E-state index is 15.2. The van der Waals surface area contributed by atoms with Crippen LogP contribution < -0.4 is 25.4 Å². The molecule has 0 spiro atoms. The number of rotatable bonds is 10. The zero-order valence-electron chi connectivity index (χ0n) is 23.9. The first-order valence-corrected chi connectivity index (χ1v) is 15.1. The number of hydrogen-bond acceptors (Lipinski definition) is 8. The summed E-state index contributed by atoms with van der Waals surface area (Å²) in [7, 11) is 0. The number of halogens is 4. The highest BCUT2D eigenvalue weighted by molar-refractivity contribution is 9.10. The molecule has 2 aliphatic heterocycles. The van der Waals surface area contributed by atoms with Crippen LogP contribution in [0.4, 0.5) is 30.2 Å². The molecule has 0 unspecified atom stereocenters. The Balaban J connectivity index is 1.08. The van der Waals surface area contributed by atoms with E-state index in [9.17, 15) is 18.4 Å². The van der Waals surface area contributed by atoms with Crippen LogP contribution in [0.3, 0.4) is 0 Å². The van der Waals surface area contributed by atoms with Crippen LogP contribution in [0.1, 0.15) is 18.4 Å². The fourth-order valence-electron chi connectivity index (χ4n) is 5.02. The third kappa shape index (κ3) is 6.77. The third-order valence-electron chi connectivity index (χ3n) is 7.78. The van der Waals surface area contributed by atoms with E-state index in [1.54, 1.807) is 12.3 Å². The summed E-state index contributed by atoms with van der Waals surface area (Å²) in [5.74, 6) is -3.47. The molecule has 3 aromatic rings. The van der Waals surface area contributed by atoms with E-state index in [2.05, 4.69) is 41.8 Å². The Morgan fingerprint density at radius 2 is 1.69 bits per heavy atom. The molecule has 1 aromatic heterocycles. The van der Waals surface area contributed by atoms with Crippen molar-refractivity contribution in [1.29, 1.82) is 0 Å². The summed E-state index contributed by atoms with van der Waals surface area (Å²) >= 11 is 3.57. The Bertz CT molecular complexity index is 1660. The smallest absolute Gasteiger partial charge is 0.240 e. The summed E-state index contributed by atoms with van der Waals surface area (Å²) < 4.78 is 59.8. The zero-order valence-corrected chi connectivity index (χ0v) is 25.5. The molecule has 0 radical (unpaired) electrons. The lowest BCUT2D eigenvalue weighted by Gasteiger charge is -2.26. The second kappa shape index (κ2) is 13.1. The van der Waals surface area contributed by atoms with Gasteiger partial charge in [-0.2, -0.15) is 0 Å². The third-order valence-corrected chi connectivity index (χ3v) is 8.51. The minimum atomic E-state index is -1.40. The van der Waals surface area contributed by atoms with Crippen molar-refractivity contribution in [1.82, 2.24) is 9.88 Å². The standard InChI is InChI=1S/C31H29BrF3N5O5/c32-26-27-20(17-37-28(26)44-14-11-40-9-12-43-13-10-40)24(5-8-36-27)45-25-4-2-19(16-23(25)35)39-30(42)31(6-7-31)29(41)38-18-1-3-21(33)22(34)15-18/h1-5,15-17,36H,6-14H2,(H,38,41)(H,39,42). The van der Waals surface area contributed by atoms with Crippen molar-refractivity contribution >= 4 is 50.6 Å². The van der Waals surface area contributed by atoms with E-state index >= 15 is 4.39 Å². The van der Waals surface area contributed by atoms with Crippen LogP contribution in [-0.2, 0) is 14.3 Å². The lowest BCUT2D eigenvalue weighted by molar-refractivity contribution is -0.131. The van der Waals surface area contributed by atoms with Crippen LogP contribution in [0.25, 0.3) is 5.76 Å². The van der Waals surface area contributed by atoms with E-state index in [-0.39, 0.29) is 30.0 Å². The number of benzene rings is 2. The van der Waals surface area contributed by atoms with Crippen molar-refractivity contribution < 1.29 is 37.0 Å². The molecule has 1 saturated heterocycles. The van der Waals surface area contributed by atoms with Crippen molar-refractivity contribution in [3.63, 3.8) is 0 Å². The summed E-state index contributed by atoms with van der Waals surface area (Å²) in [6.45, 7) is 4.76. The first-order valence-electron chi connectivity index (χ1n) is 14.3. The highest BCUT2D eigenvalue weighted by Crippen LogP contribution is 2.48. The van der Waals surface area contributed by atoms with E-state index in [4.69, 9.17) is 14.2 Å². The van der Waals surface area contributed by atoms with Gasteiger partial charge in [0.2, 0.25) is 17.7 Å². The largest absolute Gasteiger partial charge is 0.475 e. The monoisotopic (exact) mass is 687 g/mol. The quantitative estimate of drug-likeness (QED) is 0.250. The number of pyridine rings is 1. The molecule has 2 aromatic carbocycles. The number of carbonyl (C=O) groups is 2. The number of morpholine rings is 1. The van der Waals surface area contributed by atoms with E-state index in [1.165, 1.54) is 18.2 Å². The molecule has 6 rings (SSSR count). The van der Waals surface area contributed by atoms with Crippen molar-refractivity contribution in [2.75, 3.05) is 62.0 Å². The van der Waals surface area contributed by atoms with Gasteiger partial charge in [0.25, 0.3) is 0 Å². The van der Waals surface area contributed by atoms with Crippen molar-refractivity contribution in [3.05, 3.63) is 76.2 Å². The molecule has 10 nitrogen and oxygen atoms in total. The highest BCUT2D eigenvalue weighted by Gasteiger charge is 2.56. The number of nitrogens with one attached hydrogen (secondary N) is 3. The predicted molar refractivity (Wildman–Crippen MR) is 163 cm³/mol. The number of aromatic nitrogens is 1. The number of nitrogens with zero attached hydrogens (tertiary/aromatic N) is 2.